The van der Waals surface area contributed by atoms with Gasteiger partial charge in [-0.2, -0.15) is 0 Å². The zero-order chi connectivity index (χ0) is 10.7. The lowest BCUT2D eigenvalue weighted by atomic mass is 10.0. The third-order valence-electron chi connectivity index (χ3n) is 2.28. The average molecular weight is 197 g/mol. The van der Waals surface area contributed by atoms with Gasteiger partial charge in [0.25, 0.3) is 0 Å². The van der Waals surface area contributed by atoms with E-state index in [0.29, 0.717) is 5.70 Å². The molecule has 0 amide bonds. The first kappa shape index (κ1) is 9.40. The highest BCUT2D eigenvalue weighted by molar-refractivity contribution is 5.93. The Morgan fingerprint density at radius 2 is 1.80 bits per heavy atom. The second kappa shape index (κ2) is 3.92. The molecule has 3 heteroatoms. The van der Waals surface area contributed by atoms with Crippen LogP contribution in [0.3, 0.4) is 0 Å². The number of benzene rings is 2. The van der Waals surface area contributed by atoms with Crippen molar-refractivity contribution in [3.8, 4) is 0 Å². The van der Waals surface area contributed by atoms with Crippen LogP contribution in [0.1, 0.15) is 5.56 Å². The molecular weight excluding hydrogens is 186 g/mol. The van der Waals surface area contributed by atoms with Crippen LogP contribution in [0.4, 0.5) is 0 Å². The Bertz CT molecular complexity index is 524. The first-order chi connectivity index (χ1) is 7.33. The zero-order valence-electron chi connectivity index (χ0n) is 8.22. The van der Waals surface area contributed by atoms with Gasteiger partial charge in [0.05, 0.1) is 5.70 Å². The van der Waals surface area contributed by atoms with Crippen molar-refractivity contribution >= 4 is 16.5 Å². The SMILES string of the molecule is C=C(N=NN)c1cccc2ccccc12. The molecule has 0 fully saturated rings. The van der Waals surface area contributed by atoms with E-state index in [0.717, 1.165) is 16.3 Å². The molecule has 0 aliphatic heterocycles. The lowest BCUT2D eigenvalue weighted by Crippen LogP contribution is -1.84. The summed E-state index contributed by atoms with van der Waals surface area (Å²) in [7, 11) is 0. The normalized spacial score (nSPS) is 10.9. The summed E-state index contributed by atoms with van der Waals surface area (Å²) in [6.07, 6.45) is 0. The molecule has 0 saturated heterocycles. The Morgan fingerprint density at radius 1 is 1.07 bits per heavy atom. The van der Waals surface area contributed by atoms with Gasteiger partial charge in [-0.05, 0) is 10.8 Å². The van der Waals surface area contributed by atoms with Crippen molar-refractivity contribution in [3.05, 3.63) is 54.6 Å². The third kappa shape index (κ3) is 1.72. The summed E-state index contributed by atoms with van der Waals surface area (Å²) in [5.41, 5.74) is 1.54. The fourth-order valence-corrected chi connectivity index (χ4v) is 1.60. The van der Waals surface area contributed by atoms with Crippen molar-refractivity contribution in [2.45, 2.75) is 0 Å². The van der Waals surface area contributed by atoms with Gasteiger partial charge in [0, 0.05) is 5.56 Å². The number of hydrogen-bond donors (Lipinski definition) is 1. The number of nitrogens with zero attached hydrogens (tertiary/aromatic N) is 2. The van der Waals surface area contributed by atoms with Gasteiger partial charge in [0.15, 0.2) is 0 Å². The summed E-state index contributed by atoms with van der Waals surface area (Å²) >= 11 is 0. The topological polar surface area (TPSA) is 50.7 Å². The Labute approximate surface area is 87.9 Å². The smallest absolute Gasteiger partial charge is 0.0880 e. The fraction of sp³-hybridized carbons (Fsp3) is 0. The molecule has 0 aliphatic rings. The molecule has 0 saturated carbocycles. The van der Waals surface area contributed by atoms with E-state index in [2.05, 4.69) is 16.9 Å². The number of hydrogen-bond acceptors (Lipinski definition) is 2. The second-order valence-corrected chi connectivity index (χ2v) is 3.19. The van der Waals surface area contributed by atoms with Crippen LogP contribution in [-0.4, -0.2) is 0 Å². The molecule has 0 atom stereocenters. The summed E-state index contributed by atoms with van der Waals surface area (Å²) in [5, 5.41) is 9.26. The Morgan fingerprint density at radius 3 is 2.60 bits per heavy atom. The number of rotatable bonds is 2. The van der Waals surface area contributed by atoms with E-state index in [-0.39, 0.29) is 0 Å². The van der Waals surface area contributed by atoms with E-state index in [4.69, 9.17) is 5.84 Å². The van der Waals surface area contributed by atoms with E-state index >= 15 is 0 Å². The van der Waals surface area contributed by atoms with Gasteiger partial charge in [-0.15, -0.1) is 5.11 Å². The maximum atomic E-state index is 5.01. The van der Waals surface area contributed by atoms with Crippen molar-refractivity contribution in [2.24, 2.45) is 16.2 Å². The van der Waals surface area contributed by atoms with Crippen molar-refractivity contribution in [3.63, 3.8) is 0 Å². The van der Waals surface area contributed by atoms with E-state index < -0.39 is 0 Å². The van der Waals surface area contributed by atoms with Crippen molar-refractivity contribution in [2.75, 3.05) is 0 Å². The summed E-state index contributed by atoms with van der Waals surface area (Å²) < 4.78 is 0. The van der Waals surface area contributed by atoms with Crippen LogP contribution in [0.25, 0.3) is 16.5 Å². The monoisotopic (exact) mass is 197 g/mol. The van der Waals surface area contributed by atoms with Crippen molar-refractivity contribution < 1.29 is 0 Å². The van der Waals surface area contributed by atoms with E-state index in [9.17, 15) is 0 Å². The van der Waals surface area contributed by atoms with Gasteiger partial charge >= 0.3 is 0 Å². The number of nitrogens with two attached hydrogens (primary N) is 1. The summed E-state index contributed by atoms with van der Waals surface area (Å²) in [6, 6.07) is 14.0. The lowest BCUT2D eigenvalue weighted by Gasteiger charge is -2.04. The quantitative estimate of drug-likeness (QED) is 0.449. The van der Waals surface area contributed by atoms with Gasteiger partial charge < -0.3 is 5.84 Å². The molecule has 74 valence electrons. The summed E-state index contributed by atoms with van der Waals surface area (Å²) in [6.45, 7) is 3.82. The van der Waals surface area contributed by atoms with Crippen molar-refractivity contribution in [1.29, 1.82) is 0 Å². The van der Waals surface area contributed by atoms with E-state index in [1.807, 2.05) is 42.5 Å². The van der Waals surface area contributed by atoms with E-state index in [1.165, 1.54) is 0 Å². The summed E-state index contributed by atoms with van der Waals surface area (Å²) in [4.78, 5) is 0. The molecule has 0 heterocycles. The predicted octanol–water partition coefficient (Wildman–Crippen LogP) is 3.14. The van der Waals surface area contributed by atoms with Gasteiger partial charge in [0.2, 0.25) is 0 Å². The maximum absolute atomic E-state index is 5.01. The highest BCUT2D eigenvalue weighted by Crippen LogP contribution is 2.24. The van der Waals surface area contributed by atoms with Crippen LogP contribution in [-0.2, 0) is 0 Å². The molecule has 2 aromatic carbocycles. The molecule has 2 aromatic rings. The first-order valence-corrected chi connectivity index (χ1v) is 4.61. The molecule has 0 aromatic heterocycles. The molecule has 2 N–H and O–H groups in total. The first-order valence-electron chi connectivity index (χ1n) is 4.61. The minimum absolute atomic E-state index is 0.578. The fourth-order valence-electron chi connectivity index (χ4n) is 1.60. The molecule has 0 bridgehead atoms. The van der Waals surface area contributed by atoms with Gasteiger partial charge in [-0.25, -0.2) is 0 Å². The number of fused-ring (bicyclic) bond motifs is 1. The van der Waals surface area contributed by atoms with Gasteiger partial charge in [0.1, 0.15) is 0 Å². The molecule has 0 spiro atoms. The predicted molar refractivity (Wildman–Crippen MR) is 62.0 cm³/mol. The Hall–Kier alpha value is -2.16. The van der Waals surface area contributed by atoms with Gasteiger partial charge in [-0.3, -0.25) is 0 Å². The molecule has 2 rings (SSSR count). The van der Waals surface area contributed by atoms with Crippen LogP contribution in [0.5, 0.6) is 0 Å². The third-order valence-corrected chi connectivity index (χ3v) is 2.28. The van der Waals surface area contributed by atoms with Gasteiger partial charge in [-0.1, -0.05) is 54.3 Å². The largest absolute Gasteiger partial charge is 0.305 e. The standard InChI is InChI=1S/C12H11N3/c1-9(14-15-13)11-8-4-6-10-5-2-3-7-12(10)11/h2-8H,1H2,(H2,13,14). The average Bonchev–Trinajstić information content (AvgIpc) is 2.28. The van der Waals surface area contributed by atoms with Crippen LogP contribution in [0, 0.1) is 0 Å². The zero-order valence-corrected chi connectivity index (χ0v) is 8.22. The lowest BCUT2D eigenvalue weighted by molar-refractivity contribution is 1.07. The molecule has 0 unspecified atom stereocenters. The Balaban J connectivity index is 2.65. The Kier molecular flexibility index (Phi) is 2.46. The van der Waals surface area contributed by atoms with Crippen LogP contribution < -0.4 is 5.84 Å². The van der Waals surface area contributed by atoms with Crippen molar-refractivity contribution in [1.82, 2.24) is 0 Å². The molecule has 0 aliphatic carbocycles. The highest BCUT2D eigenvalue weighted by Gasteiger charge is 2.02. The highest BCUT2D eigenvalue weighted by atomic mass is 15.3. The van der Waals surface area contributed by atoms with E-state index in [1.54, 1.807) is 0 Å². The second-order valence-electron chi connectivity index (χ2n) is 3.19. The summed E-state index contributed by atoms with van der Waals surface area (Å²) in [5.74, 6) is 5.01. The minimum Gasteiger partial charge on any atom is -0.305 e. The molecule has 0 radical (unpaired) electrons. The van der Waals surface area contributed by atoms with Crippen LogP contribution >= 0.6 is 0 Å². The molecule has 15 heavy (non-hydrogen) atoms. The maximum Gasteiger partial charge on any atom is 0.0880 e. The minimum atomic E-state index is 0.578. The molecular formula is C12H11N3. The van der Waals surface area contributed by atoms with Crippen LogP contribution in [0.15, 0.2) is 59.4 Å². The molecule has 3 nitrogen and oxygen atoms in total. The van der Waals surface area contributed by atoms with Crippen LogP contribution in [0.2, 0.25) is 0 Å².